The number of cyclic esters (lactones) is 1. The zero-order chi connectivity index (χ0) is 13.1. The molecule has 0 spiro atoms. The maximum Gasteiger partial charge on any atom is 0.410 e. The van der Waals surface area contributed by atoms with E-state index in [1.165, 1.54) is 17.0 Å². The van der Waals surface area contributed by atoms with E-state index in [-0.39, 0.29) is 25.4 Å². The number of amides is 1. The van der Waals surface area contributed by atoms with Crippen LogP contribution in [0.25, 0.3) is 0 Å². The highest BCUT2D eigenvalue weighted by atomic mass is 19.1. The standard InChI is InChI=1S/C12H12FNO4/c13-9-3-1-8(2-4-9)6-14-10(5-11(15)16)7-18-12(14)17/h1-4,10H,5-7H2,(H,15,16). The molecule has 1 amide bonds. The normalized spacial score (nSPS) is 18.8. The van der Waals surface area contributed by atoms with E-state index in [1.54, 1.807) is 12.1 Å². The Bertz CT molecular complexity index is 460. The van der Waals surface area contributed by atoms with Crippen LogP contribution in [0.2, 0.25) is 0 Å². The predicted octanol–water partition coefficient (Wildman–Crippen LogP) is 1.62. The first-order valence-corrected chi connectivity index (χ1v) is 5.46. The van der Waals surface area contributed by atoms with Gasteiger partial charge in [0.05, 0.1) is 12.5 Å². The SMILES string of the molecule is O=C(O)CC1COC(=O)N1Cc1ccc(F)cc1. The molecule has 2 rings (SSSR count). The molecule has 1 aliphatic heterocycles. The van der Waals surface area contributed by atoms with Crippen molar-refractivity contribution in [3.8, 4) is 0 Å². The average molecular weight is 253 g/mol. The average Bonchev–Trinajstić information content (AvgIpc) is 2.64. The van der Waals surface area contributed by atoms with Crippen LogP contribution in [-0.4, -0.2) is 34.7 Å². The Hall–Kier alpha value is -2.11. The van der Waals surface area contributed by atoms with E-state index in [0.717, 1.165) is 5.56 Å². The minimum Gasteiger partial charge on any atom is -0.481 e. The summed E-state index contributed by atoms with van der Waals surface area (Å²) in [6.07, 6.45) is -0.696. The van der Waals surface area contributed by atoms with Crippen molar-refractivity contribution in [2.45, 2.75) is 19.0 Å². The van der Waals surface area contributed by atoms with Crippen molar-refractivity contribution >= 4 is 12.1 Å². The summed E-state index contributed by atoms with van der Waals surface area (Å²) in [4.78, 5) is 23.5. The van der Waals surface area contributed by atoms with Gasteiger partial charge >= 0.3 is 12.1 Å². The lowest BCUT2D eigenvalue weighted by atomic mass is 10.1. The van der Waals surface area contributed by atoms with Gasteiger partial charge in [-0.2, -0.15) is 0 Å². The highest BCUT2D eigenvalue weighted by Crippen LogP contribution is 2.19. The van der Waals surface area contributed by atoms with Crippen molar-refractivity contribution in [1.29, 1.82) is 0 Å². The molecule has 5 nitrogen and oxygen atoms in total. The molecule has 1 saturated heterocycles. The molecular weight excluding hydrogens is 241 g/mol. The Morgan fingerprint density at radius 2 is 2.11 bits per heavy atom. The number of ether oxygens (including phenoxy) is 1. The molecule has 6 heteroatoms. The molecule has 0 aromatic heterocycles. The topological polar surface area (TPSA) is 66.8 Å². The molecule has 18 heavy (non-hydrogen) atoms. The van der Waals surface area contributed by atoms with E-state index in [9.17, 15) is 14.0 Å². The molecule has 0 radical (unpaired) electrons. The van der Waals surface area contributed by atoms with Gasteiger partial charge in [0.2, 0.25) is 0 Å². The van der Waals surface area contributed by atoms with E-state index in [0.29, 0.717) is 0 Å². The number of hydrogen-bond donors (Lipinski definition) is 1. The summed E-state index contributed by atoms with van der Waals surface area (Å²) in [5.41, 5.74) is 0.727. The molecule has 1 aromatic rings. The van der Waals surface area contributed by atoms with Gasteiger partial charge in [0.1, 0.15) is 12.4 Å². The molecule has 96 valence electrons. The number of carboxylic acid groups (broad SMARTS) is 1. The highest BCUT2D eigenvalue weighted by molar-refractivity contribution is 5.73. The van der Waals surface area contributed by atoms with Gasteiger partial charge in [0.15, 0.2) is 0 Å². The van der Waals surface area contributed by atoms with Crippen molar-refractivity contribution in [3.63, 3.8) is 0 Å². The molecule has 1 unspecified atom stereocenters. The Morgan fingerprint density at radius 3 is 2.72 bits per heavy atom. The first-order chi connectivity index (χ1) is 8.56. The van der Waals surface area contributed by atoms with Crippen LogP contribution in [0.15, 0.2) is 24.3 Å². The number of halogens is 1. The number of nitrogens with zero attached hydrogens (tertiary/aromatic N) is 1. The van der Waals surface area contributed by atoms with Crippen molar-refractivity contribution in [3.05, 3.63) is 35.6 Å². The molecule has 1 fully saturated rings. The number of carboxylic acids is 1. The minimum atomic E-state index is -0.984. The summed E-state index contributed by atoms with van der Waals surface area (Å²) < 4.78 is 17.6. The first kappa shape index (κ1) is 12.3. The third-order valence-corrected chi connectivity index (χ3v) is 2.75. The van der Waals surface area contributed by atoms with Crippen LogP contribution in [0.3, 0.4) is 0 Å². The van der Waals surface area contributed by atoms with Crippen LogP contribution < -0.4 is 0 Å². The molecule has 0 aliphatic carbocycles. The summed E-state index contributed by atoms with van der Waals surface area (Å²) in [7, 11) is 0. The van der Waals surface area contributed by atoms with Crippen molar-refractivity contribution < 1.29 is 23.8 Å². The van der Waals surface area contributed by atoms with E-state index >= 15 is 0 Å². The monoisotopic (exact) mass is 253 g/mol. The molecule has 1 N–H and O–H groups in total. The lowest BCUT2D eigenvalue weighted by Crippen LogP contribution is -2.34. The van der Waals surface area contributed by atoms with E-state index in [2.05, 4.69) is 0 Å². The summed E-state index contributed by atoms with van der Waals surface area (Å²) in [6.45, 7) is 0.295. The lowest BCUT2D eigenvalue weighted by molar-refractivity contribution is -0.138. The van der Waals surface area contributed by atoms with Crippen molar-refractivity contribution in [2.24, 2.45) is 0 Å². The number of carbonyl (C=O) groups is 2. The lowest BCUT2D eigenvalue weighted by Gasteiger charge is -2.19. The largest absolute Gasteiger partial charge is 0.481 e. The summed E-state index contributed by atoms with van der Waals surface area (Å²) in [5.74, 6) is -1.34. The Morgan fingerprint density at radius 1 is 1.44 bits per heavy atom. The Labute approximate surface area is 103 Å². The molecular formula is C12H12FNO4. The number of rotatable bonds is 4. The van der Waals surface area contributed by atoms with Crippen LogP contribution in [0.5, 0.6) is 0 Å². The Balaban J connectivity index is 2.07. The number of hydrogen-bond acceptors (Lipinski definition) is 3. The van der Waals surface area contributed by atoms with Gasteiger partial charge in [0.25, 0.3) is 0 Å². The zero-order valence-corrected chi connectivity index (χ0v) is 9.51. The molecule has 1 atom stereocenters. The van der Waals surface area contributed by atoms with Gasteiger partial charge in [-0.05, 0) is 17.7 Å². The molecule has 0 saturated carbocycles. The van der Waals surface area contributed by atoms with Gasteiger partial charge in [-0.15, -0.1) is 0 Å². The predicted molar refractivity (Wildman–Crippen MR) is 59.3 cm³/mol. The zero-order valence-electron chi connectivity index (χ0n) is 9.51. The van der Waals surface area contributed by atoms with E-state index in [4.69, 9.17) is 9.84 Å². The number of benzene rings is 1. The number of carbonyl (C=O) groups excluding carboxylic acids is 1. The van der Waals surface area contributed by atoms with Crippen LogP contribution >= 0.6 is 0 Å². The fourth-order valence-corrected chi connectivity index (χ4v) is 1.84. The van der Waals surface area contributed by atoms with Crippen LogP contribution in [0.1, 0.15) is 12.0 Å². The highest BCUT2D eigenvalue weighted by Gasteiger charge is 2.34. The summed E-state index contributed by atoms with van der Waals surface area (Å²) in [6, 6.07) is 5.23. The second kappa shape index (κ2) is 5.03. The smallest absolute Gasteiger partial charge is 0.410 e. The maximum atomic E-state index is 12.7. The first-order valence-electron chi connectivity index (χ1n) is 5.46. The second-order valence-corrected chi connectivity index (χ2v) is 4.08. The van der Waals surface area contributed by atoms with Crippen molar-refractivity contribution in [1.82, 2.24) is 4.90 Å². The van der Waals surface area contributed by atoms with Crippen LogP contribution in [0, 0.1) is 5.82 Å². The summed E-state index contributed by atoms with van der Waals surface area (Å²) >= 11 is 0. The Kier molecular flexibility index (Phi) is 3.45. The fourth-order valence-electron chi connectivity index (χ4n) is 1.84. The van der Waals surface area contributed by atoms with Crippen LogP contribution in [0.4, 0.5) is 9.18 Å². The van der Waals surface area contributed by atoms with Gasteiger partial charge in [-0.1, -0.05) is 12.1 Å². The molecule has 1 heterocycles. The minimum absolute atomic E-state index is 0.0757. The molecule has 1 aliphatic rings. The third-order valence-electron chi connectivity index (χ3n) is 2.75. The maximum absolute atomic E-state index is 12.7. The van der Waals surface area contributed by atoms with Crippen molar-refractivity contribution in [2.75, 3.05) is 6.61 Å². The van der Waals surface area contributed by atoms with Gasteiger partial charge < -0.3 is 9.84 Å². The van der Waals surface area contributed by atoms with Gasteiger partial charge in [-0.25, -0.2) is 9.18 Å². The second-order valence-electron chi connectivity index (χ2n) is 4.08. The van der Waals surface area contributed by atoms with Crippen LogP contribution in [-0.2, 0) is 16.1 Å². The third kappa shape index (κ3) is 2.77. The van der Waals surface area contributed by atoms with E-state index in [1.807, 2.05) is 0 Å². The molecule has 0 bridgehead atoms. The fraction of sp³-hybridized carbons (Fsp3) is 0.333. The number of aliphatic carboxylic acids is 1. The quantitative estimate of drug-likeness (QED) is 0.885. The van der Waals surface area contributed by atoms with Gasteiger partial charge in [0, 0.05) is 6.54 Å². The van der Waals surface area contributed by atoms with E-state index < -0.39 is 18.1 Å². The van der Waals surface area contributed by atoms with Gasteiger partial charge in [-0.3, -0.25) is 9.69 Å². The molecule has 1 aromatic carbocycles. The summed E-state index contributed by atoms with van der Waals surface area (Å²) in [5, 5.41) is 8.74.